The van der Waals surface area contributed by atoms with E-state index < -0.39 is 0 Å². The van der Waals surface area contributed by atoms with Crippen LogP contribution in [0.4, 0.5) is 5.82 Å². The smallest absolute Gasteiger partial charge is 0.236 e. The molecule has 0 bridgehead atoms. The maximum Gasteiger partial charge on any atom is 0.236 e. The largest absolute Gasteiger partial charge is 0.306 e. The molecule has 0 aliphatic rings. The third-order valence-electron chi connectivity index (χ3n) is 3.85. The van der Waals surface area contributed by atoms with Crippen LogP contribution in [-0.2, 0) is 4.79 Å². The van der Waals surface area contributed by atoms with Crippen molar-refractivity contribution in [2.45, 2.75) is 25.8 Å². The quantitative estimate of drug-likeness (QED) is 0.718. The lowest BCUT2D eigenvalue weighted by molar-refractivity contribution is -0.113. The van der Waals surface area contributed by atoms with Gasteiger partial charge in [0.15, 0.2) is 5.82 Å². The van der Waals surface area contributed by atoms with Crippen LogP contribution in [-0.4, -0.2) is 27.0 Å². The van der Waals surface area contributed by atoms with Crippen molar-refractivity contribution in [1.82, 2.24) is 15.3 Å². The van der Waals surface area contributed by atoms with Crippen molar-refractivity contribution in [3.63, 3.8) is 0 Å². The van der Waals surface area contributed by atoms with Crippen LogP contribution in [0.1, 0.15) is 22.4 Å². The van der Waals surface area contributed by atoms with Crippen LogP contribution >= 0.6 is 11.8 Å². The Hall–Kier alpha value is -2.92. The van der Waals surface area contributed by atoms with E-state index in [2.05, 4.69) is 31.3 Å². The van der Waals surface area contributed by atoms with Crippen molar-refractivity contribution in [1.29, 1.82) is 5.26 Å². The maximum absolute atomic E-state index is 12.1. The number of aryl methyl sites for hydroxylation is 3. The molecule has 126 valence electrons. The van der Waals surface area contributed by atoms with Gasteiger partial charge in [0.25, 0.3) is 0 Å². The number of hydrogen-bond acceptors (Lipinski definition) is 7. The van der Waals surface area contributed by atoms with E-state index in [0.717, 1.165) is 22.0 Å². The topological polar surface area (TPSA) is 105 Å². The van der Waals surface area contributed by atoms with Crippen LogP contribution in [0.5, 0.6) is 0 Å². The van der Waals surface area contributed by atoms with Crippen molar-refractivity contribution in [2.75, 3.05) is 11.1 Å². The minimum atomic E-state index is -0.268. The molecular formula is C17H15N5O2S. The Morgan fingerprint density at radius 3 is 2.80 bits per heavy atom. The Labute approximate surface area is 148 Å². The number of hydrogen-bond donors (Lipinski definition) is 1. The number of pyridine rings is 1. The van der Waals surface area contributed by atoms with Crippen molar-refractivity contribution in [3.8, 4) is 6.07 Å². The van der Waals surface area contributed by atoms with E-state index in [1.165, 1.54) is 11.8 Å². The molecule has 8 heteroatoms. The Morgan fingerprint density at radius 1 is 1.32 bits per heavy atom. The lowest BCUT2D eigenvalue weighted by Crippen LogP contribution is -2.15. The van der Waals surface area contributed by atoms with Crippen LogP contribution in [0.3, 0.4) is 0 Å². The van der Waals surface area contributed by atoms with E-state index in [0.29, 0.717) is 22.1 Å². The van der Waals surface area contributed by atoms with Crippen molar-refractivity contribution in [2.24, 2.45) is 0 Å². The van der Waals surface area contributed by atoms with Crippen LogP contribution in [0.15, 0.2) is 27.9 Å². The van der Waals surface area contributed by atoms with Gasteiger partial charge in [0.1, 0.15) is 16.8 Å². The second-order valence-corrected chi connectivity index (χ2v) is 6.53. The first kappa shape index (κ1) is 16.9. The lowest BCUT2D eigenvalue weighted by Gasteiger charge is -2.09. The molecule has 0 radical (unpaired) electrons. The number of fused-ring (bicyclic) bond motifs is 1. The molecule has 2 aromatic heterocycles. The second kappa shape index (κ2) is 6.91. The molecule has 0 fully saturated rings. The third-order valence-corrected chi connectivity index (χ3v) is 4.84. The van der Waals surface area contributed by atoms with Gasteiger partial charge in [0.05, 0.1) is 16.8 Å². The lowest BCUT2D eigenvalue weighted by atomic mass is 10.0. The molecule has 3 aromatic rings. The van der Waals surface area contributed by atoms with E-state index >= 15 is 0 Å². The fraction of sp³-hybridized carbons (Fsp3) is 0.235. The normalized spacial score (nSPS) is 10.6. The Balaban J connectivity index is 1.83. The van der Waals surface area contributed by atoms with Crippen molar-refractivity contribution in [3.05, 3.63) is 40.6 Å². The summed E-state index contributed by atoms with van der Waals surface area (Å²) in [6.07, 6.45) is 0. The molecule has 7 nitrogen and oxygen atoms in total. The number of nitrogens with one attached hydrogen (secondary N) is 1. The molecule has 3 rings (SSSR count). The molecule has 0 aliphatic heterocycles. The number of carbonyl (C=O) groups is 1. The van der Waals surface area contributed by atoms with E-state index in [1.807, 2.05) is 26.0 Å². The van der Waals surface area contributed by atoms with Gasteiger partial charge in [-0.2, -0.15) is 5.26 Å². The fourth-order valence-corrected chi connectivity index (χ4v) is 3.06. The standard InChI is InChI=1S/C17H15N5O2S/c1-9-4-5-12-6-13(7-18)17(20-15(12)10(9)2)25-8-14(23)19-16-11(3)21-24-22-16/h4-6H,8H2,1-3H3,(H,19,22,23). The summed E-state index contributed by atoms with van der Waals surface area (Å²) in [7, 11) is 0. The summed E-state index contributed by atoms with van der Waals surface area (Å²) >= 11 is 1.21. The fourth-order valence-electron chi connectivity index (χ4n) is 2.30. The number of anilines is 1. The highest BCUT2D eigenvalue weighted by molar-refractivity contribution is 8.00. The minimum absolute atomic E-state index is 0.102. The molecule has 0 atom stereocenters. The molecule has 0 aliphatic carbocycles. The Kier molecular flexibility index (Phi) is 4.67. The number of amides is 1. The average Bonchev–Trinajstić information content (AvgIpc) is 3.00. The molecule has 1 N–H and O–H groups in total. The molecule has 0 saturated carbocycles. The highest BCUT2D eigenvalue weighted by Gasteiger charge is 2.14. The summed E-state index contributed by atoms with van der Waals surface area (Å²) < 4.78 is 4.54. The summed E-state index contributed by atoms with van der Waals surface area (Å²) in [5.41, 5.74) is 4.00. The highest BCUT2D eigenvalue weighted by atomic mass is 32.2. The average molecular weight is 353 g/mol. The minimum Gasteiger partial charge on any atom is -0.306 e. The summed E-state index contributed by atoms with van der Waals surface area (Å²) in [5.74, 6) is 0.129. The van der Waals surface area contributed by atoms with Gasteiger partial charge in [-0.1, -0.05) is 29.1 Å². The highest BCUT2D eigenvalue weighted by Crippen LogP contribution is 2.27. The number of nitriles is 1. The number of aromatic nitrogens is 3. The van der Waals surface area contributed by atoms with Gasteiger partial charge < -0.3 is 5.32 Å². The number of nitrogens with zero attached hydrogens (tertiary/aromatic N) is 4. The number of benzene rings is 1. The third kappa shape index (κ3) is 3.46. The van der Waals surface area contributed by atoms with Gasteiger partial charge >= 0.3 is 0 Å². The SMILES string of the molecule is Cc1ccc2cc(C#N)c(SCC(=O)Nc3nonc3C)nc2c1C. The second-order valence-electron chi connectivity index (χ2n) is 5.57. The molecule has 0 saturated heterocycles. The first-order valence-electron chi connectivity index (χ1n) is 7.52. The van der Waals surface area contributed by atoms with Gasteiger partial charge in [-0.05, 0) is 43.1 Å². The Bertz CT molecular complexity index is 1010. The van der Waals surface area contributed by atoms with Crippen molar-refractivity contribution >= 4 is 34.4 Å². The van der Waals surface area contributed by atoms with E-state index in [9.17, 15) is 10.1 Å². The molecule has 1 amide bonds. The van der Waals surface area contributed by atoms with E-state index in [4.69, 9.17) is 0 Å². The number of carbonyl (C=O) groups excluding carboxylic acids is 1. The van der Waals surface area contributed by atoms with E-state index in [-0.39, 0.29) is 11.7 Å². The Morgan fingerprint density at radius 2 is 2.12 bits per heavy atom. The first-order valence-corrected chi connectivity index (χ1v) is 8.51. The van der Waals surface area contributed by atoms with E-state index in [1.54, 1.807) is 13.0 Å². The predicted octanol–water partition coefficient (Wildman–Crippen LogP) is 3.15. The summed E-state index contributed by atoms with van der Waals surface area (Å²) in [6, 6.07) is 7.91. The summed E-state index contributed by atoms with van der Waals surface area (Å²) in [5, 5.41) is 20.7. The molecule has 1 aromatic carbocycles. The van der Waals surface area contributed by atoms with Crippen molar-refractivity contribution < 1.29 is 9.42 Å². The van der Waals surface area contributed by atoms with Crippen LogP contribution in [0.2, 0.25) is 0 Å². The number of rotatable bonds is 4. The van der Waals surface area contributed by atoms with Gasteiger partial charge in [0.2, 0.25) is 5.91 Å². The zero-order chi connectivity index (χ0) is 18.0. The van der Waals surface area contributed by atoms with Crippen LogP contribution in [0, 0.1) is 32.1 Å². The predicted molar refractivity (Wildman–Crippen MR) is 94.3 cm³/mol. The zero-order valence-corrected chi connectivity index (χ0v) is 14.8. The summed E-state index contributed by atoms with van der Waals surface area (Å²) in [6.45, 7) is 5.70. The molecule has 0 unspecified atom stereocenters. The molecular weight excluding hydrogens is 338 g/mol. The van der Waals surface area contributed by atoms with Crippen LogP contribution < -0.4 is 5.32 Å². The molecule has 0 spiro atoms. The zero-order valence-electron chi connectivity index (χ0n) is 14.0. The first-order chi connectivity index (χ1) is 12.0. The molecule has 25 heavy (non-hydrogen) atoms. The monoisotopic (exact) mass is 353 g/mol. The van der Waals surface area contributed by atoms with Gasteiger partial charge in [-0.15, -0.1) is 0 Å². The van der Waals surface area contributed by atoms with Gasteiger partial charge in [-0.3, -0.25) is 4.79 Å². The maximum atomic E-state index is 12.1. The van der Waals surface area contributed by atoms with Gasteiger partial charge in [-0.25, -0.2) is 9.61 Å². The van der Waals surface area contributed by atoms with Gasteiger partial charge in [0, 0.05) is 5.39 Å². The number of thioether (sulfide) groups is 1. The summed E-state index contributed by atoms with van der Waals surface area (Å²) in [4.78, 5) is 16.7. The van der Waals surface area contributed by atoms with Crippen LogP contribution in [0.25, 0.3) is 10.9 Å². The molecule has 2 heterocycles.